The van der Waals surface area contributed by atoms with Gasteiger partial charge in [-0.15, -0.1) is 0 Å². The zero-order valence-corrected chi connectivity index (χ0v) is 11.0. The molecule has 0 saturated carbocycles. The van der Waals surface area contributed by atoms with E-state index in [4.69, 9.17) is 4.42 Å². The summed E-state index contributed by atoms with van der Waals surface area (Å²) >= 11 is 0. The van der Waals surface area contributed by atoms with Crippen LogP contribution in [0.5, 0.6) is 0 Å². The van der Waals surface area contributed by atoms with Gasteiger partial charge in [0.05, 0.1) is 5.69 Å². The minimum absolute atomic E-state index is 0.618. The lowest BCUT2D eigenvalue weighted by Gasteiger charge is -2.19. The van der Waals surface area contributed by atoms with Gasteiger partial charge in [0.15, 0.2) is 0 Å². The van der Waals surface area contributed by atoms with Gasteiger partial charge in [0.2, 0.25) is 5.89 Å². The van der Waals surface area contributed by atoms with Gasteiger partial charge in [-0.25, -0.2) is 4.98 Å². The van der Waals surface area contributed by atoms with Crippen LogP contribution in [0.4, 0.5) is 0 Å². The Morgan fingerprint density at radius 3 is 2.76 bits per heavy atom. The van der Waals surface area contributed by atoms with Crippen LogP contribution in [0.25, 0.3) is 5.57 Å². The molecule has 1 aliphatic carbocycles. The number of nitrogens with zero attached hydrogens (tertiary/aromatic N) is 1. The Hall–Kier alpha value is -1.31. The third kappa shape index (κ3) is 2.68. The van der Waals surface area contributed by atoms with Gasteiger partial charge in [-0.1, -0.05) is 44.9 Å². The van der Waals surface area contributed by atoms with Gasteiger partial charge in [0.1, 0.15) is 6.26 Å². The van der Waals surface area contributed by atoms with Crippen molar-refractivity contribution in [1.29, 1.82) is 0 Å². The highest BCUT2D eigenvalue weighted by Crippen LogP contribution is 2.32. The summed E-state index contributed by atoms with van der Waals surface area (Å²) in [7, 11) is 0. The molecule has 1 aromatic rings. The number of oxazole rings is 1. The lowest BCUT2D eigenvalue weighted by atomic mass is 9.86. The second-order valence-corrected chi connectivity index (χ2v) is 4.79. The molecule has 2 nitrogen and oxygen atoms in total. The van der Waals surface area contributed by atoms with Gasteiger partial charge in [0, 0.05) is 5.57 Å². The number of allylic oxidation sites excluding steroid dienone is 4. The number of hydrogen-bond donors (Lipinski definition) is 0. The summed E-state index contributed by atoms with van der Waals surface area (Å²) < 4.78 is 5.53. The molecule has 2 heteroatoms. The maximum atomic E-state index is 5.53. The summed E-state index contributed by atoms with van der Waals surface area (Å²) in [6.07, 6.45) is 10.6. The van der Waals surface area contributed by atoms with E-state index in [-0.39, 0.29) is 0 Å². The Labute approximate surface area is 103 Å². The number of rotatable bonds is 4. The molecular weight excluding hydrogens is 210 g/mol. The molecule has 0 spiro atoms. The summed E-state index contributed by atoms with van der Waals surface area (Å²) in [4.78, 5) is 4.49. The molecule has 1 unspecified atom stereocenters. The maximum absolute atomic E-state index is 5.53. The summed E-state index contributed by atoms with van der Waals surface area (Å²) in [5.41, 5.74) is 3.83. The van der Waals surface area contributed by atoms with Crippen molar-refractivity contribution in [3.8, 4) is 0 Å². The fraction of sp³-hybridized carbons (Fsp3) is 0.533. The molecule has 0 N–H and O–H groups in total. The molecule has 1 aromatic heterocycles. The Morgan fingerprint density at radius 1 is 1.35 bits per heavy atom. The molecule has 92 valence electrons. The van der Waals surface area contributed by atoms with Gasteiger partial charge in [-0.3, -0.25) is 0 Å². The predicted octanol–water partition coefficient (Wildman–Crippen LogP) is 4.39. The SMILES string of the molecule is CCCC1=CC=C(c2nc(CC)co2)CC1C. The van der Waals surface area contributed by atoms with E-state index in [9.17, 15) is 0 Å². The number of hydrogen-bond acceptors (Lipinski definition) is 2. The fourth-order valence-corrected chi connectivity index (χ4v) is 2.29. The van der Waals surface area contributed by atoms with Gasteiger partial charge in [-0.05, 0) is 25.2 Å². The predicted molar refractivity (Wildman–Crippen MR) is 70.6 cm³/mol. The summed E-state index contributed by atoms with van der Waals surface area (Å²) in [6.45, 7) is 6.62. The van der Waals surface area contributed by atoms with Crippen LogP contribution in [-0.4, -0.2) is 4.98 Å². The average molecular weight is 231 g/mol. The van der Waals surface area contributed by atoms with E-state index in [1.807, 2.05) is 0 Å². The lowest BCUT2D eigenvalue weighted by molar-refractivity contribution is 0.530. The quantitative estimate of drug-likeness (QED) is 0.768. The first kappa shape index (κ1) is 12.2. The van der Waals surface area contributed by atoms with Gasteiger partial charge in [-0.2, -0.15) is 0 Å². The highest BCUT2D eigenvalue weighted by Gasteiger charge is 2.18. The smallest absolute Gasteiger partial charge is 0.222 e. The monoisotopic (exact) mass is 231 g/mol. The van der Waals surface area contributed by atoms with Crippen molar-refractivity contribution in [3.63, 3.8) is 0 Å². The van der Waals surface area contributed by atoms with Crippen LogP contribution >= 0.6 is 0 Å². The summed E-state index contributed by atoms with van der Waals surface area (Å²) in [6, 6.07) is 0. The van der Waals surface area contributed by atoms with E-state index in [2.05, 4.69) is 37.9 Å². The summed E-state index contributed by atoms with van der Waals surface area (Å²) in [5.74, 6) is 1.42. The number of aromatic nitrogens is 1. The molecule has 0 amide bonds. The Morgan fingerprint density at radius 2 is 2.18 bits per heavy atom. The lowest BCUT2D eigenvalue weighted by Crippen LogP contribution is -2.05. The minimum atomic E-state index is 0.618. The van der Waals surface area contributed by atoms with Crippen molar-refractivity contribution in [2.24, 2.45) is 5.92 Å². The highest BCUT2D eigenvalue weighted by atomic mass is 16.3. The Kier molecular flexibility index (Phi) is 3.82. The molecule has 0 bridgehead atoms. The van der Waals surface area contributed by atoms with Crippen molar-refractivity contribution in [2.75, 3.05) is 0 Å². The van der Waals surface area contributed by atoms with Gasteiger partial charge >= 0.3 is 0 Å². The van der Waals surface area contributed by atoms with Crippen LogP contribution in [0.15, 0.2) is 28.4 Å². The minimum Gasteiger partial charge on any atom is -0.445 e. The first-order valence-electron chi connectivity index (χ1n) is 6.59. The first-order chi connectivity index (χ1) is 8.24. The van der Waals surface area contributed by atoms with E-state index >= 15 is 0 Å². The molecule has 0 fully saturated rings. The molecule has 1 atom stereocenters. The van der Waals surface area contributed by atoms with Crippen molar-refractivity contribution >= 4 is 5.57 Å². The first-order valence-corrected chi connectivity index (χ1v) is 6.59. The van der Waals surface area contributed by atoms with E-state index in [0.29, 0.717) is 5.92 Å². The van der Waals surface area contributed by atoms with E-state index in [0.717, 1.165) is 24.4 Å². The fourth-order valence-electron chi connectivity index (χ4n) is 2.29. The molecule has 0 aliphatic heterocycles. The largest absolute Gasteiger partial charge is 0.445 e. The van der Waals surface area contributed by atoms with E-state index in [1.54, 1.807) is 11.8 Å². The third-order valence-corrected chi connectivity index (χ3v) is 3.39. The second-order valence-electron chi connectivity index (χ2n) is 4.79. The normalized spacial score (nSPS) is 20.1. The molecule has 17 heavy (non-hydrogen) atoms. The zero-order chi connectivity index (χ0) is 12.3. The van der Waals surface area contributed by atoms with Crippen LogP contribution in [0.2, 0.25) is 0 Å². The van der Waals surface area contributed by atoms with Crippen molar-refractivity contribution in [1.82, 2.24) is 4.98 Å². The molecular formula is C15H21NO. The van der Waals surface area contributed by atoms with Crippen LogP contribution in [0, 0.1) is 5.92 Å². The zero-order valence-electron chi connectivity index (χ0n) is 11.0. The molecule has 1 aliphatic rings. The molecule has 0 aromatic carbocycles. The van der Waals surface area contributed by atoms with Crippen molar-refractivity contribution < 1.29 is 4.42 Å². The van der Waals surface area contributed by atoms with Gasteiger partial charge in [0.25, 0.3) is 0 Å². The molecule has 1 heterocycles. The topological polar surface area (TPSA) is 26.0 Å². The van der Waals surface area contributed by atoms with E-state index < -0.39 is 0 Å². The average Bonchev–Trinajstić information content (AvgIpc) is 2.80. The number of aryl methyl sites for hydroxylation is 1. The third-order valence-electron chi connectivity index (χ3n) is 3.39. The van der Waals surface area contributed by atoms with Crippen molar-refractivity contribution in [2.45, 2.75) is 46.5 Å². The van der Waals surface area contributed by atoms with Gasteiger partial charge < -0.3 is 4.42 Å². The van der Waals surface area contributed by atoms with Crippen LogP contribution < -0.4 is 0 Å². The highest BCUT2D eigenvalue weighted by molar-refractivity contribution is 5.63. The van der Waals surface area contributed by atoms with Crippen LogP contribution in [-0.2, 0) is 6.42 Å². The second kappa shape index (κ2) is 5.35. The standard InChI is InChI=1S/C15H21NO/c1-4-6-12-7-8-13(9-11(12)3)15-16-14(5-2)10-17-15/h7-8,10-11H,4-6,9H2,1-3H3. The van der Waals surface area contributed by atoms with E-state index in [1.165, 1.54) is 18.4 Å². The van der Waals surface area contributed by atoms with Crippen LogP contribution in [0.1, 0.15) is 51.6 Å². The molecule has 0 saturated heterocycles. The summed E-state index contributed by atoms with van der Waals surface area (Å²) in [5, 5.41) is 0. The van der Waals surface area contributed by atoms with Crippen LogP contribution in [0.3, 0.4) is 0 Å². The Balaban J connectivity index is 2.18. The molecule has 2 rings (SSSR count). The maximum Gasteiger partial charge on any atom is 0.222 e. The Bertz CT molecular complexity index is 440. The molecule has 0 radical (unpaired) electrons. The van der Waals surface area contributed by atoms with Crippen molar-refractivity contribution in [3.05, 3.63) is 35.6 Å².